The highest BCUT2D eigenvalue weighted by Crippen LogP contribution is 2.35. The van der Waals surface area contributed by atoms with Gasteiger partial charge in [-0.05, 0) is 18.6 Å². The fraction of sp³-hybridized carbons (Fsp3) is 0.429. The van der Waals surface area contributed by atoms with E-state index in [0.29, 0.717) is 28.6 Å². The first-order valence-corrected chi connectivity index (χ1v) is 7.33. The Kier molecular flexibility index (Phi) is 5.02. The zero-order chi connectivity index (χ0) is 14.6. The second-order valence-electron chi connectivity index (χ2n) is 4.86. The van der Waals surface area contributed by atoms with Gasteiger partial charge in [-0.25, -0.2) is 4.68 Å². The second-order valence-corrected chi connectivity index (χ2v) is 5.70. The van der Waals surface area contributed by atoms with E-state index < -0.39 is 5.60 Å². The van der Waals surface area contributed by atoms with E-state index in [1.165, 1.54) is 0 Å². The van der Waals surface area contributed by atoms with Crippen molar-refractivity contribution in [3.05, 3.63) is 46.2 Å². The van der Waals surface area contributed by atoms with E-state index in [-0.39, 0.29) is 0 Å². The normalized spacial score (nSPS) is 14.2. The Bertz CT molecular complexity index is 560. The first kappa shape index (κ1) is 15.3. The molecule has 2 rings (SSSR count). The molecule has 0 aliphatic rings. The van der Waals surface area contributed by atoms with Crippen molar-refractivity contribution < 1.29 is 5.11 Å². The molecule has 1 aromatic heterocycles. The van der Waals surface area contributed by atoms with E-state index in [1.54, 1.807) is 35.3 Å². The van der Waals surface area contributed by atoms with Gasteiger partial charge in [0, 0.05) is 21.8 Å². The Morgan fingerprint density at radius 1 is 1.35 bits per heavy atom. The highest BCUT2D eigenvalue weighted by atomic mass is 35.5. The van der Waals surface area contributed by atoms with Crippen LogP contribution >= 0.6 is 23.2 Å². The summed E-state index contributed by atoms with van der Waals surface area (Å²) in [5.41, 5.74) is -0.404. The molecule has 0 aliphatic heterocycles. The van der Waals surface area contributed by atoms with Gasteiger partial charge in [0.05, 0.1) is 12.7 Å². The Hall–Kier alpha value is -1.10. The van der Waals surface area contributed by atoms with Gasteiger partial charge in [-0.1, -0.05) is 54.2 Å². The van der Waals surface area contributed by atoms with E-state index in [9.17, 15) is 5.11 Å². The van der Waals surface area contributed by atoms with Crippen LogP contribution in [0.2, 0.25) is 10.0 Å². The minimum atomic E-state index is -1.08. The second kappa shape index (κ2) is 6.57. The number of hydrogen-bond acceptors (Lipinski definition) is 3. The van der Waals surface area contributed by atoms with Crippen molar-refractivity contribution in [2.45, 2.75) is 38.3 Å². The molecule has 0 saturated carbocycles. The van der Waals surface area contributed by atoms with Crippen molar-refractivity contribution in [3.8, 4) is 0 Å². The summed E-state index contributed by atoms with van der Waals surface area (Å²) in [5.74, 6) is 0. The number of benzene rings is 1. The summed E-state index contributed by atoms with van der Waals surface area (Å²) < 4.78 is 1.61. The van der Waals surface area contributed by atoms with Crippen LogP contribution in [0.4, 0.5) is 0 Å². The number of nitrogens with zero attached hydrogens (tertiary/aromatic N) is 3. The van der Waals surface area contributed by atoms with Crippen molar-refractivity contribution >= 4 is 23.2 Å². The van der Waals surface area contributed by atoms with Crippen LogP contribution in [-0.4, -0.2) is 20.1 Å². The first-order chi connectivity index (χ1) is 9.55. The smallest absolute Gasteiger partial charge is 0.111 e. The Morgan fingerprint density at radius 3 is 2.75 bits per heavy atom. The van der Waals surface area contributed by atoms with Gasteiger partial charge in [-0.15, -0.1) is 5.10 Å². The largest absolute Gasteiger partial charge is 0.383 e. The number of hydrogen-bond donors (Lipinski definition) is 1. The summed E-state index contributed by atoms with van der Waals surface area (Å²) >= 11 is 12.2. The summed E-state index contributed by atoms with van der Waals surface area (Å²) in [6.07, 6.45) is 5.80. The van der Waals surface area contributed by atoms with Gasteiger partial charge in [-0.3, -0.25) is 0 Å². The molecule has 0 aliphatic carbocycles. The molecule has 0 radical (unpaired) electrons. The maximum Gasteiger partial charge on any atom is 0.111 e. The molecule has 0 spiro atoms. The fourth-order valence-corrected chi connectivity index (χ4v) is 2.80. The molecule has 0 amide bonds. The van der Waals surface area contributed by atoms with Gasteiger partial charge in [0.25, 0.3) is 0 Å². The lowest BCUT2D eigenvalue weighted by atomic mass is 9.88. The molecule has 0 fully saturated rings. The topological polar surface area (TPSA) is 50.9 Å². The number of aliphatic hydroxyl groups is 1. The van der Waals surface area contributed by atoms with Crippen LogP contribution in [0.1, 0.15) is 31.7 Å². The average molecular weight is 314 g/mol. The third kappa shape index (κ3) is 3.51. The van der Waals surface area contributed by atoms with Crippen LogP contribution in [0.25, 0.3) is 0 Å². The molecular weight excluding hydrogens is 297 g/mol. The molecule has 1 N–H and O–H groups in total. The number of rotatable bonds is 6. The van der Waals surface area contributed by atoms with Crippen LogP contribution in [-0.2, 0) is 12.1 Å². The van der Waals surface area contributed by atoms with Crippen molar-refractivity contribution in [1.82, 2.24) is 15.0 Å². The van der Waals surface area contributed by atoms with E-state index in [4.69, 9.17) is 23.2 Å². The molecular formula is C14H17Cl2N3O. The van der Waals surface area contributed by atoms with E-state index in [0.717, 1.165) is 12.8 Å². The summed E-state index contributed by atoms with van der Waals surface area (Å²) in [5, 5.41) is 19.7. The Morgan fingerprint density at radius 2 is 2.15 bits per heavy atom. The predicted octanol–water partition coefficient (Wildman–Crippen LogP) is 3.66. The predicted molar refractivity (Wildman–Crippen MR) is 79.9 cm³/mol. The van der Waals surface area contributed by atoms with Gasteiger partial charge in [0.15, 0.2) is 0 Å². The van der Waals surface area contributed by atoms with Crippen LogP contribution in [0.5, 0.6) is 0 Å². The summed E-state index contributed by atoms with van der Waals surface area (Å²) in [6, 6.07) is 5.16. The van der Waals surface area contributed by atoms with Gasteiger partial charge < -0.3 is 5.11 Å². The monoisotopic (exact) mass is 313 g/mol. The molecule has 0 bridgehead atoms. The molecule has 4 nitrogen and oxygen atoms in total. The highest BCUT2D eigenvalue weighted by molar-refractivity contribution is 6.35. The van der Waals surface area contributed by atoms with Crippen molar-refractivity contribution in [2.24, 2.45) is 0 Å². The lowest BCUT2D eigenvalue weighted by molar-refractivity contribution is 0.00391. The van der Waals surface area contributed by atoms with Crippen molar-refractivity contribution in [2.75, 3.05) is 0 Å². The highest BCUT2D eigenvalue weighted by Gasteiger charge is 2.31. The fourth-order valence-electron chi connectivity index (χ4n) is 2.22. The average Bonchev–Trinajstić information content (AvgIpc) is 2.88. The summed E-state index contributed by atoms with van der Waals surface area (Å²) in [6.45, 7) is 2.40. The first-order valence-electron chi connectivity index (χ1n) is 6.57. The van der Waals surface area contributed by atoms with Crippen LogP contribution < -0.4 is 0 Å². The third-order valence-corrected chi connectivity index (χ3v) is 3.82. The molecule has 2 aromatic rings. The van der Waals surface area contributed by atoms with Crippen LogP contribution in [0.15, 0.2) is 30.6 Å². The lowest BCUT2D eigenvalue weighted by Gasteiger charge is -2.29. The van der Waals surface area contributed by atoms with Gasteiger partial charge in [0.1, 0.15) is 5.60 Å². The zero-order valence-corrected chi connectivity index (χ0v) is 12.8. The van der Waals surface area contributed by atoms with E-state index >= 15 is 0 Å². The summed E-state index contributed by atoms with van der Waals surface area (Å²) in [4.78, 5) is 0. The number of unbranched alkanes of at least 4 members (excludes halogenated alkanes) is 1. The minimum absolute atomic E-state index is 0.314. The van der Waals surface area contributed by atoms with Gasteiger partial charge in [0.2, 0.25) is 0 Å². The quantitative estimate of drug-likeness (QED) is 0.885. The maximum absolute atomic E-state index is 11.0. The lowest BCUT2D eigenvalue weighted by Crippen LogP contribution is -2.32. The molecule has 1 unspecified atom stereocenters. The number of halogens is 2. The standard InChI is InChI=1S/C14H17Cl2N3O/c1-2-3-6-14(20,10-19-8-7-17-18-19)12-5-4-11(15)9-13(12)16/h4-5,7-9,20H,2-3,6,10H2,1H3. The zero-order valence-electron chi connectivity index (χ0n) is 11.3. The third-order valence-electron chi connectivity index (χ3n) is 3.27. The van der Waals surface area contributed by atoms with Crippen LogP contribution in [0.3, 0.4) is 0 Å². The van der Waals surface area contributed by atoms with Crippen molar-refractivity contribution in [3.63, 3.8) is 0 Å². The maximum atomic E-state index is 11.0. The molecule has 1 aromatic carbocycles. The molecule has 108 valence electrons. The van der Waals surface area contributed by atoms with Crippen LogP contribution in [0, 0.1) is 0 Å². The van der Waals surface area contributed by atoms with E-state index in [2.05, 4.69) is 17.2 Å². The van der Waals surface area contributed by atoms with Crippen molar-refractivity contribution in [1.29, 1.82) is 0 Å². The van der Waals surface area contributed by atoms with Gasteiger partial charge >= 0.3 is 0 Å². The molecule has 20 heavy (non-hydrogen) atoms. The summed E-state index contributed by atoms with van der Waals surface area (Å²) in [7, 11) is 0. The number of aromatic nitrogens is 3. The molecule has 6 heteroatoms. The van der Waals surface area contributed by atoms with Gasteiger partial charge in [-0.2, -0.15) is 0 Å². The van der Waals surface area contributed by atoms with E-state index in [1.807, 2.05) is 0 Å². The Labute approximate surface area is 128 Å². The SMILES string of the molecule is CCCCC(O)(Cn1ccnn1)c1ccc(Cl)cc1Cl. The minimum Gasteiger partial charge on any atom is -0.383 e. The molecule has 1 atom stereocenters. The Balaban J connectivity index is 2.34. The molecule has 0 saturated heterocycles. The molecule has 1 heterocycles.